The van der Waals surface area contributed by atoms with E-state index in [1.165, 1.54) is 11.1 Å². The van der Waals surface area contributed by atoms with Gasteiger partial charge in [-0.3, -0.25) is 4.90 Å². The average molecular weight is 374 g/mol. The second kappa shape index (κ2) is 9.03. The predicted molar refractivity (Wildman–Crippen MR) is 105 cm³/mol. The average Bonchev–Trinajstić information content (AvgIpc) is 2.65. The molecule has 1 fully saturated rings. The first-order valence-corrected chi connectivity index (χ1v) is 9.18. The molecule has 1 saturated heterocycles. The first-order valence-electron chi connectivity index (χ1n) is 8.80. The van der Waals surface area contributed by atoms with Crippen molar-refractivity contribution in [3.05, 3.63) is 64.7 Å². The van der Waals surface area contributed by atoms with Crippen LogP contribution in [0.15, 0.2) is 48.5 Å². The van der Waals surface area contributed by atoms with E-state index >= 15 is 0 Å². The number of morpholine rings is 1. The molecule has 2 N–H and O–H groups in total. The topological polar surface area (TPSA) is 53.6 Å². The van der Waals surface area contributed by atoms with Gasteiger partial charge in [0.25, 0.3) is 0 Å². The SMILES string of the molecule is Cc1cccc(C(CNC(=O)Nc2ccc(Cl)cc2)N2CCOCC2)c1. The van der Waals surface area contributed by atoms with Crippen molar-refractivity contribution in [2.75, 3.05) is 38.2 Å². The summed E-state index contributed by atoms with van der Waals surface area (Å²) in [7, 11) is 0. The minimum absolute atomic E-state index is 0.120. The highest BCUT2D eigenvalue weighted by molar-refractivity contribution is 6.30. The molecule has 2 amide bonds. The molecule has 0 spiro atoms. The van der Waals surface area contributed by atoms with Gasteiger partial charge in [-0.1, -0.05) is 41.4 Å². The number of rotatable bonds is 5. The summed E-state index contributed by atoms with van der Waals surface area (Å²) >= 11 is 5.87. The van der Waals surface area contributed by atoms with Crippen LogP contribution in [0, 0.1) is 6.92 Å². The van der Waals surface area contributed by atoms with E-state index in [4.69, 9.17) is 16.3 Å². The van der Waals surface area contributed by atoms with E-state index in [9.17, 15) is 4.79 Å². The number of hydrogen-bond acceptors (Lipinski definition) is 3. The van der Waals surface area contributed by atoms with Gasteiger partial charge in [-0.15, -0.1) is 0 Å². The molecular weight excluding hydrogens is 350 g/mol. The lowest BCUT2D eigenvalue weighted by Gasteiger charge is -2.35. The second-order valence-corrected chi connectivity index (χ2v) is 6.86. The van der Waals surface area contributed by atoms with Gasteiger partial charge >= 0.3 is 6.03 Å². The monoisotopic (exact) mass is 373 g/mol. The van der Waals surface area contributed by atoms with E-state index in [0.29, 0.717) is 17.3 Å². The first-order chi connectivity index (χ1) is 12.6. The highest BCUT2D eigenvalue weighted by Gasteiger charge is 2.23. The normalized spacial score (nSPS) is 16.1. The molecule has 2 aromatic rings. The quantitative estimate of drug-likeness (QED) is 0.837. The molecule has 138 valence electrons. The van der Waals surface area contributed by atoms with Gasteiger partial charge in [0.15, 0.2) is 0 Å². The smallest absolute Gasteiger partial charge is 0.319 e. The molecule has 0 bridgehead atoms. The maximum absolute atomic E-state index is 12.3. The zero-order valence-corrected chi connectivity index (χ0v) is 15.6. The van der Waals surface area contributed by atoms with Crippen molar-refractivity contribution >= 4 is 23.3 Å². The minimum Gasteiger partial charge on any atom is -0.379 e. The summed E-state index contributed by atoms with van der Waals surface area (Å²) in [5.74, 6) is 0. The maximum Gasteiger partial charge on any atom is 0.319 e. The third kappa shape index (κ3) is 5.21. The number of carbonyl (C=O) groups excluding carboxylic acids is 1. The fourth-order valence-corrected chi connectivity index (χ4v) is 3.25. The molecule has 0 saturated carbocycles. The Bertz CT molecular complexity index is 730. The molecule has 0 radical (unpaired) electrons. The number of nitrogens with one attached hydrogen (secondary N) is 2. The number of benzene rings is 2. The summed E-state index contributed by atoms with van der Waals surface area (Å²) in [6, 6.07) is 15.4. The number of nitrogens with zero attached hydrogens (tertiary/aromatic N) is 1. The van der Waals surface area contributed by atoms with Gasteiger partial charge in [0.05, 0.1) is 19.3 Å². The van der Waals surface area contributed by atoms with Crippen molar-refractivity contribution < 1.29 is 9.53 Å². The van der Waals surface area contributed by atoms with Crippen molar-refractivity contribution in [2.24, 2.45) is 0 Å². The molecule has 0 aliphatic carbocycles. The summed E-state index contributed by atoms with van der Waals surface area (Å²) in [5.41, 5.74) is 3.13. The van der Waals surface area contributed by atoms with Crippen LogP contribution in [0.5, 0.6) is 0 Å². The number of hydrogen-bond donors (Lipinski definition) is 2. The third-order valence-electron chi connectivity index (χ3n) is 4.47. The Kier molecular flexibility index (Phi) is 6.50. The van der Waals surface area contributed by atoms with Crippen molar-refractivity contribution in [3.63, 3.8) is 0 Å². The van der Waals surface area contributed by atoms with Gasteiger partial charge in [-0.05, 0) is 36.8 Å². The van der Waals surface area contributed by atoms with E-state index < -0.39 is 0 Å². The lowest BCUT2D eigenvalue weighted by atomic mass is 10.0. The lowest BCUT2D eigenvalue weighted by Crippen LogP contribution is -2.44. The highest BCUT2D eigenvalue weighted by atomic mass is 35.5. The van der Waals surface area contributed by atoms with Gasteiger partial charge in [-0.2, -0.15) is 0 Å². The van der Waals surface area contributed by atoms with Crippen LogP contribution in [0.1, 0.15) is 17.2 Å². The van der Waals surface area contributed by atoms with Gasteiger partial charge in [0.1, 0.15) is 0 Å². The zero-order chi connectivity index (χ0) is 18.4. The molecule has 1 atom stereocenters. The number of carbonyl (C=O) groups is 1. The standard InChI is InChI=1S/C20H24ClN3O2/c1-15-3-2-4-16(13-15)19(24-9-11-26-12-10-24)14-22-20(25)23-18-7-5-17(21)6-8-18/h2-8,13,19H,9-12,14H2,1H3,(H2,22,23,25). The summed E-state index contributed by atoms with van der Waals surface area (Å²) in [4.78, 5) is 14.6. The molecule has 2 aromatic carbocycles. The molecule has 1 unspecified atom stereocenters. The Labute approximate surface area is 159 Å². The van der Waals surface area contributed by atoms with E-state index in [2.05, 4.69) is 46.7 Å². The Morgan fingerprint density at radius 3 is 2.62 bits per heavy atom. The van der Waals surface area contributed by atoms with Crippen LogP contribution in [0.25, 0.3) is 0 Å². The molecule has 0 aromatic heterocycles. The molecule has 6 heteroatoms. The molecule has 1 aliphatic heterocycles. The van der Waals surface area contributed by atoms with E-state index in [0.717, 1.165) is 26.3 Å². The molecule has 1 aliphatic rings. The highest BCUT2D eigenvalue weighted by Crippen LogP contribution is 2.22. The Morgan fingerprint density at radius 1 is 1.19 bits per heavy atom. The van der Waals surface area contributed by atoms with Crippen LogP contribution in [0.4, 0.5) is 10.5 Å². The van der Waals surface area contributed by atoms with E-state index in [1.54, 1.807) is 24.3 Å². The molecule has 26 heavy (non-hydrogen) atoms. The van der Waals surface area contributed by atoms with Crippen molar-refractivity contribution in [1.29, 1.82) is 0 Å². The minimum atomic E-state index is -0.224. The Balaban J connectivity index is 1.65. The van der Waals surface area contributed by atoms with Gasteiger partial charge in [0.2, 0.25) is 0 Å². The van der Waals surface area contributed by atoms with Crippen LogP contribution in [-0.4, -0.2) is 43.8 Å². The van der Waals surface area contributed by atoms with Crippen LogP contribution in [-0.2, 0) is 4.74 Å². The van der Waals surface area contributed by atoms with Crippen molar-refractivity contribution in [3.8, 4) is 0 Å². The predicted octanol–water partition coefficient (Wildman–Crippen LogP) is 3.84. The fraction of sp³-hybridized carbons (Fsp3) is 0.350. The van der Waals surface area contributed by atoms with Crippen molar-refractivity contribution in [1.82, 2.24) is 10.2 Å². The summed E-state index contributed by atoms with van der Waals surface area (Å²) in [6.07, 6.45) is 0. The molecule has 1 heterocycles. The fourth-order valence-electron chi connectivity index (χ4n) is 3.12. The zero-order valence-electron chi connectivity index (χ0n) is 14.9. The third-order valence-corrected chi connectivity index (χ3v) is 4.72. The number of ether oxygens (including phenoxy) is 1. The number of aryl methyl sites for hydroxylation is 1. The van der Waals surface area contributed by atoms with E-state index in [1.807, 2.05) is 0 Å². The summed E-state index contributed by atoms with van der Waals surface area (Å²) < 4.78 is 5.47. The lowest BCUT2D eigenvalue weighted by molar-refractivity contribution is 0.0168. The van der Waals surface area contributed by atoms with E-state index in [-0.39, 0.29) is 12.1 Å². The summed E-state index contributed by atoms with van der Waals surface area (Å²) in [5, 5.41) is 6.48. The van der Waals surface area contributed by atoms with Crippen molar-refractivity contribution in [2.45, 2.75) is 13.0 Å². The number of amides is 2. The Hall–Kier alpha value is -2.08. The van der Waals surface area contributed by atoms with Crippen LogP contribution in [0.3, 0.4) is 0 Å². The molecule has 3 rings (SSSR count). The number of halogens is 1. The number of anilines is 1. The van der Waals surface area contributed by atoms with Crippen LogP contribution >= 0.6 is 11.6 Å². The maximum atomic E-state index is 12.3. The molecule has 5 nitrogen and oxygen atoms in total. The summed E-state index contributed by atoms with van der Waals surface area (Å²) in [6.45, 7) is 5.78. The first kappa shape index (κ1) is 18.7. The van der Waals surface area contributed by atoms with Gasteiger partial charge in [-0.25, -0.2) is 4.79 Å². The molecular formula is C20H24ClN3O2. The van der Waals surface area contributed by atoms with Gasteiger partial charge in [0, 0.05) is 30.3 Å². The van der Waals surface area contributed by atoms with Crippen LogP contribution < -0.4 is 10.6 Å². The van der Waals surface area contributed by atoms with Gasteiger partial charge < -0.3 is 15.4 Å². The Morgan fingerprint density at radius 2 is 1.92 bits per heavy atom. The largest absolute Gasteiger partial charge is 0.379 e. The number of urea groups is 1. The van der Waals surface area contributed by atoms with Crippen LogP contribution in [0.2, 0.25) is 5.02 Å². The second-order valence-electron chi connectivity index (χ2n) is 6.42.